The Morgan fingerprint density at radius 1 is 1.10 bits per heavy atom. The van der Waals surface area contributed by atoms with Crippen LogP contribution >= 0.6 is 0 Å². The number of unbranched alkanes of at least 4 members (excludes halogenated alkanes) is 5. The standard InChI is InChI=1S/C9H18.Na/c1-3-5-7-9-8-6-4-2;/h3H,1,4-9H2,2H3;. The molecular formula is C9H18Na. The van der Waals surface area contributed by atoms with Gasteiger partial charge in [-0.15, -0.1) is 6.58 Å². The Labute approximate surface area is 87.4 Å². The maximum Gasteiger partial charge on any atom is 0 e. The zero-order chi connectivity index (χ0) is 6.95. The van der Waals surface area contributed by atoms with Gasteiger partial charge in [0.2, 0.25) is 0 Å². The van der Waals surface area contributed by atoms with Gasteiger partial charge < -0.3 is 0 Å². The van der Waals surface area contributed by atoms with Gasteiger partial charge in [0.25, 0.3) is 0 Å². The van der Waals surface area contributed by atoms with Crippen molar-refractivity contribution in [1.29, 1.82) is 0 Å². The van der Waals surface area contributed by atoms with Crippen LogP contribution in [0.1, 0.15) is 45.4 Å². The van der Waals surface area contributed by atoms with Crippen LogP contribution in [0, 0.1) is 0 Å². The van der Waals surface area contributed by atoms with Crippen molar-refractivity contribution in [3.05, 3.63) is 12.7 Å². The van der Waals surface area contributed by atoms with Crippen LogP contribution in [0.15, 0.2) is 12.7 Å². The maximum atomic E-state index is 3.68. The van der Waals surface area contributed by atoms with E-state index in [9.17, 15) is 0 Å². The van der Waals surface area contributed by atoms with Gasteiger partial charge in [-0.3, -0.25) is 0 Å². The fourth-order valence-electron chi connectivity index (χ4n) is 0.892. The summed E-state index contributed by atoms with van der Waals surface area (Å²) in [5.41, 5.74) is 0. The minimum absolute atomic E-state index is 0. The Hall–Kier alpha value is 0.740. The molecule has 10 heavy (non-hydrogen) atoms. The molecule has 0 nitrogen and oxygen atoms in total. The van der Waals surface area contributed by atoms with E-state index in [1.165, 1.54) is 38.5 Å². The quantitative estimate of drug-likeness (QED) is 0.309. The molecule has 0 aromatic heterocycles. The topological polar surface area (TPSA) is 0 Å². The zero-order valence-electron chi connectivity index (χ0n) is 7.53. The van der Waals surface area contributed by atoms with Crippen LogP contribution in [0.3, 0.4) is 0 Å². The zero-order valence-corrected chi connectivity index (χ0v) is 9.53. The molecule has 0 heterocycles. The van der Waals surface area contributed by atoms with Crippen molar-refractivity contribution in [2.24, 2.45) is 0 Å². The Bertz CT molecular complexity index is 59.7. The number of hydrogen-bond acceptors (Lipinski definition) is 0. The van der Waals surface area contributed by atoms with Gasteiger partial charge >= 0.3 is 0 Å². The molecule has 0 rings (SSSR count). The number of hydrogen-bond donors (Lipinski definition) is 0. The van der Waals surface area contributed by atoms with Crippen LogP contribution in [-0.4, -0.2) is 29.6 Å². The minimum atomic E-state index is 0. The van der Waals surface area contributed by atoms with E-state index in [1.54, 1.807) is 0 Å². The predicted octanol–water partition coefficient (Wildman–Crippen LogP) is 3.15. The van der Waals surface area contributed by atoms with Crippen molar-refractivity contribution < 1.29 is 0 Å². The molecule has 0 saturated heterocycles. The summed E-state index contributed by atoms with van der Waals surface area (Å²) in [6, 6.07) is 0. The molecule has 0 amide bonds. The molecule has 0 aromatic carbocycles. The van der Waals surface area contributed by atoms with E-state index >= 15 is 0 Å². The summed E-state index contributed by atoms with van der Waals surface area (Å²) in [6.45, 7) is 5.92. The van der Waals surface area contributed by atoms with Gasteiger partial charge in [0.1, 0.15) is 0 Å². The average molecular weight is 149 g/mol. The molecule has 0 aliphatic rings. The Balaban J connectivity index is 0. The molecule has 0 aliphatic heterocycles. The van der Waals surface area contributed by atoms with E-state index in [1.807, 2.05) is 6.08 Å². The van der Waals surface area contributed by atoms with Crippen LogP contribution in [0.2, 0.25) is 0 Å². The van der Waals surface area contributed by atoms with Crippen LogP contribution in [0.4, 0.5) is 0 Å². The first-order valence-corrected chi connectivity index (χ1v) is 4.02. The SMILES string of the molecule is C=CCCCCCCC.[Na]. The molecule has 55 valence electrons. The van der Waals surface area contributed by atoms with Gasteiger partial charge in [-0.05, 0) is 12.8 Å². The first kappa shape index (κ1) is 13.3. The summed E-state index contributed by atoms with van der Waals surface area (Å²) in [4.78, 5) is 0. The smallest absolute Gasteiger partial charge is 0 e. The molecule has 0 N–H and O–H groups in total. The van der Waals surface area contributed by atoms with Crippen molar-refractivity contribution in [2.75, 3.05) is 0 Å². The molecule has 0 spiro atoms. The van der Waals surface area contributed by atoms with Crippen molar-refractivity contribution in [1.82, 2.24) is 0 Å². The average Bonchev–Trinajstić information content (AvgIpc) is 1.89. The van der Waals surface area contributed by atoms with E-state index < -0.39 is 0 Å². The van der Waals surface area contributed by atoms with Crippen molar-refractivity contribution in [3.8, 4) is 0 Å². The molecule has 1 heteroatoms. The maximum absolute atomic E-state index is 3.68. The third-order valence-electron chi connectivity index (χ3n) is 1.51. The monoisotopic (exact) mass is 149 g/mol. The van der Waals surface area contributed by atoms with E-state index in [2.05, 4.69) is 13.5 Å². The second-order valence-electron chi connectivity index (χ2n) is 2.49. The van der Waals surface area contributed by atoms with Crippen LogP contribution < -0.4 is 0 Å². The molecule has 0 aromatic rings. The Morgan fingerprint density at radius 3 is 2.20 bits per heavy atom. The summed E-state index contributed by atoms with van der Waals surface area (Å²) < 4.78 is 0. The molecule has 0 aliphatic carbocycles. The van der Waals surface area contributed by atoms with Crippen molar-refractivity contribution >= 4 is 29.6 Å². The molecule has 1 radical (unpaired) electrons. The Kier molecular flexibility index (Phi) is 16.6. The van der Waals surface area contributed by atoms with Gasteiger partial charge in [-0.25, -0.2) is 0 Å². The summed E-state index contributed by atoms with van der Waals surface area (Å²) in [6.07, 6.45) is 10.1. The minimum Gasteiger partial charge on any atom is -0.103 e. The van der Waals surface area contributed by atoms with Gasteiger partial charge in [0, 0.05) is 29.6 Å². The van der Waals surface area contributed by atoms with Crippen molar-refractivity contribution in [2.45, 2.75) is 45.4 Å². The van der Waals surface area contributed by atoms with Crippen LogP contribution in [-0.2, 0) is 0 Å². The Morgan fingerprint density at radius 2 is 1.70 bits per heavy atom. The summed E-state index contributed by atoms with van der Waals surface area (Å²) >= 11 is 0. The first-order valence-electron chi connectivity index (χ1n) is 4.02. The number of allylic oxidation sites excluding steroid dienone is 1. The van der Waals surface area contributed by atoms with Gasteiger partial charge in [0.15, 0.2) is 0 Å². The third kappa shape index (κ3) is 11.5. The number of rotatable bonds is 6. The van der Waals surface area contributed by atoms with E-state index in [0.29, 0.717) is 0 Å². The molecule has 0 fully saturated rings. The van der Waals surface area contributed by atoms with E-state index in [-0.39, 0.29) is 29.6 Å². The molecular weight excluding hydrogens is 131 g/mol. The van der Waals surface area contributed by atoms with Crippen LogP contribution in [0.25, 0.3) is 0 Å². The fourth-order valence-corrected chi connectivity index (χ4v) is 0.892. The van der Waals surface area contributed by atoms with Crippen LogP contribution in [0.5, 0.6) is 0 Å². The summed E-state index contributed by atoms with van der Waals surface area (Å²) in [7, 11) is 0. The molecule has 0 saturated carbocycles. The molecule has 0 unspecified atom stereocenters. The van der Waals surface area contributed by atoms with Gasteiger partial charge in [-0.2, -0.15) is 0 Å². The molecule has 0 bridgehead atoms. The summed E-state index contributed by atoms with van der Waals surface area (Å²) in [5.74, 6) is 0. The largest absolute Gasteiger partial charge is 0.103 e. The first-order chi connectivity index (χ1) is 4.41. The third-order valence-corrected chi connectivity index (χ3v) is 1.51. The summed E-state index contributed by atoms with van der Waals surface area (Å²) in [5, 5.41) is 0. The predicted molar refractivity (Wildman–Crippen MR) is 49.3 cm³/mol. The van der Waals surface area contributed by atoms with E-state index in [4.69, 9.17) is 0 Å². The normalized spacial score (nSPS) is 8.50. The van der Waals surface area contributed by atoms with E-state index in [0.717, 1.165) is 0 Å². The fraction of sp³-hybridized carbons (Fsp3) is 0.778. The van der Waals surface area contributed by atoms with Gasteiger partial charge in [0.05, 0.1) is 0 Å². The van der Waals surface area contributed by atoms with Gasteiger partial charge in [-0.1, -0.05) is 38.7 Å². The second kappa shape index (κ2) is 12.4. The van der Waals surface area contributed by atoms with Crippen molar-refractivity contribution in [3.63, 3.8) is 0 Å². The second-order valence-corrected chi connectivity index (χ2v) is 2.49. The molecule has 0 atom stereocenters.